The Morgan fingerprint density at radius 3 is 2.29 bits per heavy atom. The standard InChI is InChI=1S/C15H21N5O4/c21-14-9-16-8-12(19-10-15(22)18-6-5-17-14)7-11-1-3-13(4-2-11)20(23)24/h1-4,12,16,19H,5-10H2,(H,17,21)(H,18,22)/t12-/m0/s1. The summed E-state index contributed by atoms with van der Waals surface area (Å²) >= 11 is 0. The molecule has 0 spiro atoms. The molecule has 4 N–H and O–H groups in total. The molecule has 2 amide bonds. The van der Waals surface area contributed by atoms with Crippen molar-refractivity contribution in [3.63, 3.8) is 0 Å². The van der Waals surface area contributed by atoms with E-state index in [1.807, 2.05) is 0 Å². The first-order chi connectivity index (χ1) is 11.5. The summed E-state index contributed by atoms with van der Waals surface area (Å²) in [6.45, 7) is 1.66. The third kappa shape index (κ3) is 5.94. The van der Waals surface area contributed by atoms with Crippen molar-refractivity contribution in [3.05, 3.63) is 39.9 Å². The zero-order valence-corrected chi connectivity index (χ0v) is 13.2. The van der Waals surface area contributed by atoms with Crippen molar-refractivity contribution in [2.75, 3.05) is 32.7 Å². The lowest BCUT2D eigenvalue weighted by Crippen LogP contribution is -2.49. The van der Waals surface area contributed by atoms with Gasteiger partial charge in [-0.25, -0.2) is 0 Å². The van der Waals surface area contributed by atoms with E-state index >= 15 is 0 Å². The summed E-state index contributed by atoms with van der Waals surface area (Å²) in [5.74, 6) is -0.266. The molecule has 0 aromatic heterocycles. The van der Waals surface area contributed by atoms with Crippen molar-refractivity contribution >= 4 is 17.5 Å². The maximum atomic E-state index is 11.7. The van der Waals surface area contributed by atoms with E-state index in [9.17, 15) is 19.7 Å². The fourth-order valence-electron chi connectivity index (χ4n) is 2.38. The van der Waals surface area contributed by atoms with Gasteiger partial charge in [0.1, 0.15) is 0 Å². The molecule has 1 aromatic carbocycles. The summed E-state index contributed by atoms with van der Waals surface area (Å²) in [5.41, 5.74) is 0.955. The van der Waals surface area contributed by atoms with Crippen LogP contribution in [0.25, 0.3) is 0 Å². The molecule has 0 bridgehead atoms. The quantitative estimate of drug-likeness (QED) is 0.412. The van der Waals surface area contributed by atoms with Crippen LogP contribution in [0.2, 0.25) is 0 Å². The van der Waals surface area contributed by atoms with Crippen molar-refractivity contribution in [1.29, 1.82) is 0 Å². The molecule has 9 heteroatoms. The molecule has 2 rings (SSSR count). The minimum absolute atomic E-state index is 0.0413. The first-order valence-corrected chi connectivity index (χ1v) is 7.75. The minimum atomic E-state index is -0.442. The third-order valence-corrected chi connectivity index (χ3v) is 3.63. The van der Waals surface area contributed by atoms with Crippen molar-refractivity contribution in [2.45, 2.75) is 12.5 Å². The average molecular weight is 335 g/mol. The number of nitrogens with one attached hydrogen (secondary N) is 4. The molecule has 1 heterocycles. The maximum absolute atomic E-state index is 11.7. The normalized spacial score (nSPS) is 20.2. The van der Waals surface area contributed by atoms with Gasteiger partial charge in [-0.2, -0.15) is 0 Å². The molecule has 0 aliphatic carbocycles. The topological polar surface area (TPSA) is 125 Å². The molecule has 1 saturated heterocycles. The molecule has 24 heavy (non-hydrogen) atoms. The van der Waals surface area contributed by atoms with E-state index in [0.29, 0.717) is 26.1 Å². The molecule has 1 atom stereocenters. The summed E-state index contributed by atoms with van der Waals surface area (Å²) in [7, 11) is 0. The van der Waals surface area contributed by atoms with E-state index in [1.165, 1.54) is 12.1 Å². The van der Waals surface area contributed by atoms with Crippen LogP contribution in [-0.4, -0.2) is 55.5 Å². The number of amides is 2. The Labute approximate surface area is 139 Å². The zero-order chi connectivity index (χ0) is 17.4. The lowest BCUT2D eigenvalue weighted by Gasteiger charge is -2.20. The van der Waals surface area contributed by atoms with Gasteiger partial charge in [-0.05, 0) is 12.0 Å². The largest absolute Gasteiger partial charge is 0.353 e. The highest BCUT2D eigenvalue weighted by atomic mass is 16.6. The second kappa shape index (κ2) is 8.94. The highest BCUT2D eigenvalue weighted by molar-refractivity contribution is 5.79. The molecular formula is C15H21N5O4. The van der Waals surface area contributed by atoms with Gasteiger partial charge in [0, 0.05) is 37.8 Å². The summed E-state index contributed by atoms with van der Waals surface area (Å²) in [6.07, 6.45) is 0.583. The van der Waals surface area contributed by atoms with E-state index in [4.69, 9.17) is 0 Å². The zero-order valence-electron chi connectivity index (χ0n) is 13.2. The van der Waals surface area contributed by atoms with Gasteiger partial charge in [0.05, 0.1) is 18.0 Å². The Morgan fingerprint density at radius 1 is 1.04 bits per heavy atom. The number of carbonyl (C=O) groups excluding carboxylic acids is 2. The predicted octanol–water partition coefficient (Wildman–Crippen LogP) is -1.07. The van der Waals surface area contributed by atoms with Crippen molar-refractivity contribution in [1.82, 2.24) is 21.3 Å². The monoisotopic (exact) mass is 335 g/mol. The SMILES string of the molecule is O=C1CNC[C@H](Cc2ccc([N+](=O)[O-])cc2)NCC(=O)NCCN1. The number of hydrogen-bond donors (Lipinski definition) is 4. The van der Waals surface area contributed by atoms with Crippen LogP contribution in [-0.2, 0) is 16.0 Å². The third-order valence-electron chi connectivity index (χ3n) is 3.63. The van der Waals surface area contributed by atoms with Gasteiger partial charge in [0.15, 0.2) is 0 Å². The lowest BCUT2D eigenvalue weighted by atomic mass is 10.1. The number of nitro benzene ring substituents is 1. The van der Waals surface area contributed by atoms with Gasteiger partial charge in [-0.3, -0.25) is 19.7 Å². The highest BCUT2D eigenvalue weighted by Gasteiger charge is 2.14. The Bertz CT molecular complexity index is 590. The molecular weight excluding hydrogens is 314 g/mol. The number of benzene rings is 1. The van der Waals surface area contributed by atoms with Crippen LogP contribution in [0.3, 0.4) is 0 Å². The van der Waals surface area contributed by atoms with Crippen LogP contribution in [0.15, 0.2) is 24.3 Å². The van der Waals surface area contributed by atoms with E-state index in [1.54, 1.807) is 12.1 Å². The van der Waals surface area contributed by atoms with Crippen molar-refractivity contribution < 1.29 is 14.5 Å². The van der Waals surface area contributed by atoms with Gasteiger partial charge in [-0.1, -0.05) is 12.1 Å². The van der Waals surface area contributed by atoms with Crippen LogP contribution < -0.4 is 21.3 Å². The smallest absolute Gasteiger partial charge is 0.269 e. The fraction of sp³-hybridized carbons (Fsp3) is 0.467. The van der Waals surface area contributed by atoms with Crippen LogP contribution in [0.1, 0.15) is 5.56 Å². The average Bonchev–Trinajstić information content (AvgIpc) is 2.56. The number of carbonyl (C=O) groups is 2. The number of nitro groups is 1. The molecule has 130 valence electrons. The first-order valence-electron chi connectivity index (χ1n) is 7.75. The molecule has 0 radical (unpaired) electrons. The van der Waals surface area contributed by atoms with Gasteiger partial charge < -0.3 is 21.3 Å². The van der Waals surface area contributed by atoms with E-state index in [0.717, 1.165) is 5.56 Å². The number of hydrogen-bond acceptors (Lipinski definition) is 6. The molecule has 1 fully saturated rings. The van der Waals surface area contributed by atoms with E-state index in [2.05, 4.69) is 21.3 Å². The van der Waals surface area contributed by atoms with Gasteiger partial charge >= 0.3 is 0 Å². The number of nitrogens with zero attached hydrogens (tertiary/aromatic N) is 1. The minimum Gasteiger partial charge on any atom is -0.353 e. The number of rotatable bonds is 3. The summed E-state index contributed by atoms with van der Waals surface area (Å²) in [6, 6.07) is 6.23. The van der Waals surface area contributed by atoms with E-state index < -0.39 is 4.92 Å². The molecule has 1 aromatic rings. The molecule has 0 saturated carbocycles. The summed E-state index contributed by atoms with van der Waals surface area (Å²) in [4.78, 5) is 33.5. The second-order valence-electron chi connectivity index (χ2n) is 5.54. The van der Waals surface area contributed by atoms with E-state index in [-0.39, 0.29) is 36.6 Å². The second-order valence-corrected chi connectivity index (χ2v) is 5.54. The van der Waals surface area contributed by atoms with Crippen molar-refractivity contribution in [2.24, 2.45) is 0 Å². The van der Waals surface area contributed by atoms with Crippen LogP contribution in [0.5, 0.6) is 0 Å². The molecule has 0 unspecified atom stereocenters. The highest BCUT2D eigenvalue weighted by Crippen LogP contribution is 2.13. The number of non-ortho nitro benzene ring substituents is 1. The fourth-order valence-corrected chi connectivity index (χ4v) is 2.38. The van der Waals surface area contributed by atoms with Crippen LogP contribution in [0.4, 0.5) is 5.69 Å². The summed E-state index contributed by atoms with van der Waals surface area (Å²) < 4.78 is 0. The lowest BCUT2D eigenvalue weighted by molar-refractivity contribution is -0.384. The molecule has 9 nitrogen and oxygen atoms in total. The van der Waals surface area contributed by atoms with Gasteiger partial charge in [0.2, 0.25) is 11.8 Å². The molecule has 1 aliphatic heterocycles. The van der Waals surface area contributed by atoms with Gasteiger partial charge in [0.25, 0.3) is 5.69 Å². The van der Waals surface area contributed by atoms with Crippen molar-refractivity contribution in [3.8, 4) is 0 Å². The van der Waals surface area contributed by atoms with Crippen LogP contribution >= 0.6 is 0 Å². The molecule has 1 aliphatic rings. The Balaban J connectivity index is 1.97. The first kappa shape index (κ1) is 17.8. The van der Waals surface area contributed by atoms with Crippen LogP contribution in [0, 0.1) is 10.1 Å². The Morgan fingerprint density at radius 2 is 1.67 bits per heavy atom. The predicted molar refractivity (Wildman–Crippen MR) is 87.5 cm³/mol. The Hall–Kier alpha value is -2.52. The Kier molecular flexibility index (Phi) is 6.64. The summed E-state index contributed by atoms with van der Waals surface area (Å²) in [5, 5.41) is 22.3. The van der Waals surface area contributed by atoms with Gasteiger partial charge in [-0.15, -0.1) is 0 Å². The maximum Gasteiger partial charge on any atom is 0.269 e.